The van der Waals surface area contributed by atoms with Crippen molar-refractivity contribution < 1.29 is 14.3 Å². The molecule has 0 amide bonds. The van der Waals surface area contributed by atoms with E-state index in [9.17, 15) is 9.59 Å². The fourth-order valence-corrected chi connectivity index (χ4v) is 2.43. The average Bonchev–Trinajstić information content (AvgIpc) is 2.41. The number of esters is 1. The second-order valence-corrected chi connectivity index (χ2v) is 3.94. The van der Waals surface area contributed by atoms with Crippen LogP contribution in [0.2, 0.25) is 0 Å². The summed E-state index contributed by atoms with van der Waals surface area (Å²) < 4.78 is 5.21. The van der Waals surface area contributed by atoms with E-state index in [-0.39, 0.29) is 23.4 Å². The molecule has 1 aliphatic carbocycles. The van der Waals surface area contributed by atoms with Gasteiger partial charge in [-0.05, 0) is 19.8 Å². The van der Waals surface area contributed by atoms with Crippen molar-refractivity contribution in [3.63, 3.8) is 0 Å². The largest absolute Gasteiger partial charge is 0.459 e. The summed E-state index contributed by atoms with van der Waals surface area (Å²) in [6.07, 6.45) is 3.11. The van der Waals surface area contributed by atoms with Gasteiger partial charge in [-0.3, -0.25) is 4.79 Å². The van der Waals surface area contributed by atoms with E-state index in [0.29, 0.717) is 6.42 Å². The second kappa shape index (κ2) is 2.31. The van der Waals surface area contributed by atoms with Crippen molar-refractivity contribution in [3.05, 3.63) is 0 Å². The van der Waals surface area contributed by atoms with Gasteiger partial charge in [0.1, 0.15) is 11.9 Å². The molecule has 1 saturated heterocycles. The van der Waals surface area contributed by atoms with Crippen LogP contribution in [0.1, 0.15) is 26.2 Å². The summed E-state index contributed by atoms with van der Waals surface area (Å²) in [6, 6.07) is 0. The van der Waals surface area contributed by atoms with Crippen molar-refractivity contribution in [1.82, 2.24) is 0 Å². The number of hydrogen-bond donors (Lipinski definition) is 0. The van der Waals surface area contributed by atoms with Crippen molar-refractivity contribution in [1.29, 1.82) is 0 Å². The summed E-state index contributed by atoms with van der Waals surface area (Å²) >= 11 is 0. The SMILES string of the molecule is CC12CC[C@H](C=O)C1CC(=O)O2. The molecule has 2 fully saturated rings. The molecule has 0 N–H and O–H groups in total. The summed E-state index contributed by atoms with van der Waals surface area (Å²) in [5.74, 6) is 0.0398. The van der Waals surface area contributed by atoms with Gasteiger partial charge in [-0.25, -0.2) is 0 Å². The Morgan fingerprint density at radius 1 is 1.67 bits per heavy atom. The summed E-state index contributed by atoms with van der Waals surface area (Å²) in [5, 5.41) is 0. The van der Waals surface area contributed by atoms with E-state index in [0.717, 1.165) is 19.1 Å². The highest BCUT2D eigenvalue weighted by molar-refractivity contribution is 5.74. The lowest BCUT2D eigenvalue weighted by atomic mass is 9.87. The van der Waals surface area contributed by atoms with Crippen molar-refractivity contribution >= 4 is 12.3 Å². The fraction of sp³-hybridized carbons (Fsp3) is 0.778. The Hall–Kier alpha value is -0.860. The minimum atomic E-state index is -0.331. The third-order valence-corrected chi connectivity index (χ3v) is 3.18. The molecule has 2 unspecified atom stereocenters. The third-order valence-electron chi connectivity index (χ3n) is 3.18. The van der Waals surface area contributed by atoms with Gasteiger partial charge in [0, 0.05) is 11.8 Å². The molecule has 0 spiro atoms. The zero-order valence-electron chi connectivity index (χ0n) is 7.08. The van der Waals surface area contributed by atoms with Crippen LogP contribution in [-0.4, -0.2) is 17.9 Å². The molecule has 3 atom stereocenters. The molecule has 0 aromatic carbocycles. The molecule has 3 heteroatoms. The Morgan fingerprint density at radius 3 is 3.08 bits per heavy atom. The van der Waals surface area contributed by atoms with Crippen LogP contribution in [0, 0.1) is 11.8 Å². The first-order valence-corrected chi connectivity index (χ1v) is 4.33. The highest BCUT2D eigenvalue weighted by Gasteiger charge is 2.53. The van der Waals surface area contributed by atoms with Gasteiger partial charge in [0.2, 0.25) is 0 Å². The highest BCUT2D eigenvalue weighted by Crippen LogP contribution is 2.48. The first kappa shape index (κ1) is 7.77. The molecular formula is C9H12O3. The first-order chi connectivity index (χ1) is 5.65. The number of carbonyl (C=O) groups is 2. The van der Waals surface area contributed by atoms with Gasteiger partial charge in [-0.15, -0.1) is 0 Å². The van der Waals surface area contributed by atoms with Crippen molar-refractivity contribution in [3.8, 4) is 0 Å². The first-order valence-electron chi connectivity index (χ1n) is 4.33. The van der Waals surface area contributed by atoms with Crippen LogP contribution in [-0.2, 0) is 14.3 Å². The van der Waals surface area contributed by atoms with E-state index < -0.39 is 0 Å². The van der Waals surface area contributed by atoms with E-state index in [1.54, 1.807) is 0 Å². The molecule has 0 bridgehead atoms. The summed E-state index contributed by atoms with van der Waals surface area (Å²) in [7, 11) is 0. The quantitative estimate of drug-likeness (QED) is 0.432. The Morgan fingerprint density at radius 2 is 2.42 bits per heavy atom. The van der Waals surface area contributed by atoms with E-state index >= 15 is 0 Å². The van der Waals surface area contributed by atoms with Crippen LogP contribution >= 0.6 is 0 Å². The lowest BCUT2D eigenvalue weighted by Gasteiger charge is -2.22. The maximum Gasteiger partial charge on any atom is 0.306 e. The number of ether oxygens (including phenoxy) is 1. The monoisotopic (exact) mass is 168 g/mol. The van der Waals surface area contributed by atoms with Gasteiger partial charge in [0.15, 0.2) is 0 Å². The minimum Gasteiger partial charge on any atom is -0.459 e. The van der Waals surface area contributed by atoms with Crippen LogP contribution in [0.4, 0.5) is 0 Å². The Bertz CT molecular complexity index is 236. The number of fused-ring (bicyclic) bond motifs is 1. The Kier molecular flexibility index (Phi) is 1.50. The molecule has 3 nitrogen and oxygen atoms in total. The van der Waals surface area contributed by atoms with Crippen molar-refractivity contribution in [2.24, 2.45) is 11.8 Å². The van der Waals surface area contributed by atoms with Crippen LogP contribution in [0.25, 0.3) is 0 Å². The molecule has 1 aliphatic heterocycles. The zero-order chi connectivity index (χ0) is 8.77. The van der Waals surface area contributed by atoms with Gasteiger partial charge >= 0.3 is 5.97 Å². The molecule has 1 heterocycles. The topological polar surface area (TPSA) is 43.4 Å². The molecule has 0 aromatic heterocycles. The second-order valence-electron chi connectivity index (χ2n) is 3.94. The van der Waals surface area contributed by atoms with Crippen LogP contribution in [0.5, 0.6) is 0 Å². The average molecular weight is 168 g/mol. The number of rotatable bonds is 1. The van der Waals surface area contributed by atoms with Crippen LogP contribution in [0.15, 0.2) is 0 Å². The fourth-order valence-electron chi connectivity index (χ4n) is 2.43. The molecule has 2 rings (SSSR count). The predicted octanol–water partition coefficient (Wildman–Crippen LogP) is 0.917. The predicted molar refractivity (Wildman–Crippen MR) is 41.4 cm³/mol. The van der Waals surface area contributed by atoms with E-state index in [1.165, 1.54) is 0 Å². The maximum absolute atomic E-state index is 11.0. The van der Waals surface area contributed by atoms with E-state index in [1.807, 2.05) is 6.92 Å². The van der Waals surface area contributed by atoms with Crippen molar-refractivity contribution in [2.45, 2.75) is 31.8 Å². The van der Waals surface area contributed by atoms with Crippen LogP contribution in [0.3, 0.4) is 0 Å². The van der Waals surface area contributed by atoms with Gasteiger partial charge in [0.25, 0.3) is 0 Å². The molecule has 2 aliphatic rings. The normalized spacial score (nSPS) is 45.6. The van der Waals surface area contributed by atoms with Gasteiger partial charge in [-0.2, -0.15) is 0 Å². The van der Waals surface area contributed by atoms with Gasteiger partial charge in [-0.1, -0.05) is 0 Å². The summed E-state index contributed by atoms with van der Waals surface area (Å²) in [5.41, 5.74) is -0.331. The number of hydrogen-bond acceptors (Lipinski definition) is 3. The minimum absolute atomic E-state index is 0.0430. The van der Waals surface area contributed by atoms with Crippen molar-refractivity contribution in [2.75, 3.05) is 0 Å². The number of aldehydes is 1. The van der Waals surface area contributed by atoms with E-state index in [2.05, 4.69) is 0 Å². The zero-order valence-corrected chi connectivity index (χ0v) is 7.08. The maximum atomic E-state index is 11.0. The lowest BCUT2D eigenvalue weighted by Crippen LogP contribution is -2.28. The molecule has 66 valence electrons. The summed E-state index contributed by atoms with van der Waals surface area (Å²) in [4.78, 5) is 21.6. The van der Waals surface area contributed by atoms with Crippen LogP contribution < -0.4 is 0 Å². The van der Waals surface area contributed by atoms with E-state index in [4.69, 9.17) is 4.74 Å². The Balaban J connectivity index is 2.24. The number of carbonyl (C=O) groups excluding carboxylic acids is 2. The third kappa shape index (κ3) is 0.886. The Labute approximate surface area is 71.1 Å². The van der Waals surface area contributed by atoms with Gasteiger partial charge < -0.3 is 9.53 Å². The smallest absolute Gasteiger partial charge is 0.306 e. The molecule has 0 radical (unpaired) electrons. The molecule has 1 saturated carbocycles. The highest BCUT2D eigenvalue weighted by atomic mass is 16.6. The van der Waals surface area contributed by atoms with Gasteiger partial charge in [0.05, 0.1) is 6.42 Å². The summed E-state index contributed by atoms with van der Waals surface area (Å²) in [6.45, 7) is 1.94. The standard InChI is InChI=1S/C9H12O3/c1-9-3-2-6(5-10)7(9)4-8(11)12-9/h5-7H,2-4H2,1H3/t6-,7?,9?/m1/s1. The molecule has 12 heavy (non-hydrogen) atoms. The lowest BCUT2D eigenvalue weighted by molar-refractivity contribution is -0.147. The molecule has 0 aromatic rings. The molecular weight excluding hydrogens is 156 g/mol.